The van der Waals surface area contributed by atoms with Crippen LogP contribution in [0.5, 0.6) is 0 Å². The first-order valence-corrected chi connectivity index (χ1v) is 8.25. The average molecular weight is 292 g/mol. The third kappa shape index (κ3) is 6.16. The summed E-state index contributed by atoms with van der Waals surface area (Å²) < 4.78 is 0. The minimum Gasteiger partial charge on any atom is -0.396 e. The van der Waals surface area contributed by atoms with E-state index in [1.54, 1.807) is 0 Å². The molecule has 1 atom stereocenters. The number of hydrogen-bond acceptors (Lipinski definition) is 3. The molecule has 120 valence electrons. The van der Waals surface area contributed by atoms with Crippen LogP contribution in [0.25, 0.3) is 0 Å². The molecular formula is C18H32N2O. The lowest BCUT2D eigenvalue weighted by Crippen LogP contribution is -2.46. The molecule has 3 nitrogen and oxygen atoms in total. The van der Waals surface area contributed by atoms with Gasteiger partial charge >= 0.3 is 0 Å². The van der Waals surface area contributed by atoms with Gasteiger partial charge in [0.15, 0.2) is 0 Å². The molecule has 21 heavy (non-hydrogen) atoms. The van der Waals surface area contributed by atoms with Crippen LogP contribution in [0.15, 0.2) is 30.3 Å². The Balaban J connectivity index is 2.80. The molecule has 0 aromatic heterocycles. The Kier molecular flexibility index (Phi) is 8.58. The van der Waals surface area contributed by atoms with Crippen LogP contribution in [0.1, 0.15) is 39.2 Å². The predicted molar refractivity (Wildman–Crippen MR) is 90.8 cm³/mol. The Labute approximate surface area is 130 Å². The molecule has 2 N–H and O–H groups in total. The molecule has 3 heteroatoms. The minimum absolute atomic E-state index is 0.0991. The molecule has 1 unspecified atom stereocenters. The van der Waals surface area contributed by atoms with Crippen LogP contribution in [0.3, 0.4) is 0 Å². The summed E-state index contributed by atoms with van der Waals surface area (Å²) in [5.41, 5.74) is 1.48. The van der Waals surface area contributed by atoms with Gasteiger partial charge in [-0.15, -0.1) is 0 Å². The first kappa shape index (κ1) is 18.1. The summed E-state index contributed by atoms with van der Waals surface area (Å²) in [6.07, 6.45) is 2.01. The Morgan fingerprint density at radius 1 is 1.19 bits per heavy atom. The molecule has 1 rings (SSSR count). The number of nitrogens with zero attached hydrogens (tertiary/aromatic N) is 1. The van der Waals surface area contributed by atoms with Crippen molar-refractivity contribution in [2.75, 3.05) is 39.3 Å². The van der Waals surface area contributed by atoms with Gasteiger partial charge in [-0.3, -0.25) is 0 Å². The second kappa shape index (κ2) is 9.93. The fourth-order valence-electron chi connectivity index (χ4n) is 2.77. The zero-order chi connectivity index (χ0) is 15.6. The molecule has 1 aromatic rings. The molecule has 0 aliphatic rings. The van der Waals surface area contributed by atoms with E-state index in [4.69, 9.17) is 5.11 Å². The van der Waals surface area contributed by atoms with Gasteiger partial charge in [0.05, 0.1) is 0 Å². The van der Waals surface area contributed by atoms with Crippen LogP contribution in [-0.4, -0.2) is 49.3 Å². The van der Waals surface area contributed by atoms with Gasteiger partial charge in [0.1, 0.15) is 0 Å². The summed E-state index contributed by atoms with van der Waals surface area (Å²) in [6.45, 7) is 12.1. The van der Waals surface area contributed by atoms with E-state index < -0.39 is 0 Å². The SMILES string of the molecule is CCCNCC(C)(CN(CC)CCCO)c1ccccc1. The van der Waals surface area contributed by atoms with Crippen LogP contribution in [0, 0.1) is 0 Å². The van der Waals surface area contributed by atoms with Gasteiger partial charge in [0.2, 0.25) is 0 Å². The average Bonchev–Trinajstić information content (AvgIpc) is 2.52. The molecule has 0 spiro atoms. The molecule has 1 aromatic carbocycles. The summed E-state index contributed by atoms with van der Waals surface area (Å²) in [5.74, 6) is 0. The summed E-state index contributed by atoms with van der Waals surface area (Å²) in [4.78, 5) is 2.44. The highest BCUT2D eigenvalue weighted by molar-refractivity contribution is 5.25. The third-order valence-electron chi connectivity index (χ3n) is 4.06. The maximum absolute atomic E-state index is 9.06. The molecule has 0 saturated carbocycles. The molecule has 0 radical (unpaired) electrons. The molecule has 0 fully saturated rings. The first-order valence-electron chi connectivity index (χ1n) is 8.25. The van der Waals surface area contributed by atoms with Crippen molar-refractivity contribution in [2.45, 2.75) is 39.0 Å². The maximum Gasteiger partial charge on any atom is 0.0443 e. The lowest BCUT2D eigenvalue weighted by molar-refractivity contribution is 0.194. The van der Waals surface area contributed by atoms with E-state index in [1.807, 2.05) is 0 Å². The largest absolute Gasteiger partial charge is 0.396 e. The van der Waals surface area contributed by atoms with Crippen molar-refractivity contribution in [1.29, 1.82) is 0 Å². The number of likely N-dealkylation sites (N-methyl/N-ethyl adjacent to an activating group) is 1. The number of rotatable bonds is 11. The molecule has 0 aliphatic heterocycles. The smallest absolute Gasteiger partial charge is 0.0443 e. The van der Waals surface area contributed by atoms with Gasteiger partial charge in [0.25, 0.3) is 0 Å². The number of aliphatic hydroxyl groups excluding tert-OH is 1. The number of aliphatic hydroxyl groups is 1. The standard InChI is InChI=1S/C18H32N2O/c1-4-12-19-15-18(3,17-10-7-6-8-11-17)16-20(5-2)13-9-14-21/h6-8,10-11,19,21H,4-5,9,12-16H2,1-3H3. The van der Waals surface area contributed by atoms with Gasteiger partial charge < -0.3 is 15.3 Å². The van der Waals surface area contributed by atoms with Gasteiger partial charge in [-0.1, -0.05) is 51.1 Å². The molecular weight excluding hydrogens is 260 g/mol. The van der Waals surface area contributed by atoms with Crippen LogP contribution in [0.2, 0.25) is 0 Å². The Morgan fingerprint density at radius 3 is 2.48 bits per heavy atom. The number of benzene rings is 1. The summed E-state index contributed by atoms with van der Waals surface area (Å²) in [7, 11) is 0. The second-order valence-electron chi connectivity index (χ2n) is 6.05. The highest BCUT2D eigenvalue weighted by Crippen LogP contribution is 2.24. The van der Waals surface area contributed by atoms with E-state index in [9.17, 15) is 0 Å². The van der Waals surface area contributed by atoms with Gasteiger partial charge in [0, 0.05) is 31.7 Å². The normalized spacial score (nSPS) is 14.3. The van der Waals surface area contributed by atoms with Crippen LogP contribution in [-0.2, 0) is 5.41 Å². The van der Waals surface area contributed by atoms with Gasteiger partial charge in [-0.2, -0.15) is 0 Å². The zero-order valence-corrected chi connectivity index (χ0v) is 13.9. The summed E-state index contributed by atoms with van der Waals surface area (Å²) in [5, 5.41) is 12.6. The van der Waals surface area contributed by atoms with E-state index in [1.165, 1.54) is 5.56 Å². The Bertz CT molecular complexity index is 369. The van der Waals surface area contributed by atoms with E-state index in [2.05, 4.69) is 61.3 Å². The fraction of sp³-hybridized carbons (Fsp3) is 0.667. The van der Waals surface area contributed by atoms with Crippen LogP contribution in [0.4, 0.5) is 0 Å². The Hall–Kier alpha value is -0.900. The summed E-state index contributed by atoms with van der Waals surface area (Å²) in [6, 6.07) is 10.8. The zero-order valence-electron chi connectivity index (χ0n) is 13.9. The highest BCUT2D eigenvalue weighted by Gasteiger charge is 2.28. The van der Waals surface area contributed by atoms with Crippen molar-refractivity contribution in [3.8, 4) is 0 Å². The first-order chi connectivity index (χ1) is 10.2. The van der Waals surface area contributed by atoms with Crippen LogP contribution < -0.4 is 5.32 Å². The molecule has 0 bridgehead atoms. The molecule has 0 aliphatic carbocycles. The lowest BCUT2D eigenvalue weighted by atomic mass is 9.81. The predicted octanol–water partition coefficient (Wildman–Crippen LogP) is 2.65. The monoisotopic (exact) mass is 292 g/mol. The molecule has 0 amide bonds. The molecule has 0 heterocycles. The van der Waals surface area contributed by atoms with E-state index in [-0.39, 0.29) is 12.0 Å². The maximum atomic E-state index is 9.06. The third-order valence-corrected chi connectivity index (χ3v) is 4.06. The lowest BCUT2D eigenvalue weighted by Gasteiger charge is -2.36. The van der Waals surface area contributed by atoms with Crippen molar-refractivity contribution in [3.63, 3.8) is 0 Å². The Morgan fingerprint density at radius 2 is 1.90 bits per heavy atom. The van der Waals surface area contributed by atoms with E-state index >= 15 is 0 Å². The molecule has 0 saturated heterocycles. The topological polar surface area (TPSA) is 35.5 Å². The quantitative estimate of drug-likeness (QED) is 0.616. The van der Waals surface area contributed by atoms with Crippen LogP contribution >= 0.6 is 0 Å². The highest BCUT2D eigenvalue weighted by atomic mass is 16.3. The van der Waals surface area contributed by atoms with E-state index in [0.29, 0.717) is 0 Å². The fourth-order valence-corrected chi connectivity index (χ4v) is 2.77. The van der Waals surface area contributed by atoms with Gasteiger partial charge in [-0.25, -0.2) is 0 Å². The van der Waals surface area contributed by atoms with Crippen molar-refractivity contribution < 1.29 is 5.11 Å². The summed E-state index contributed by atoms with van der Waals surface area (Å²) >= 11 is 0. The van der Waals surface area contributed by atoms with Gasteiger partial charge in [-0.05, 0) is 31.5 Å². The minimum atomic E-state index is 0.0991. The van der Waals surface area contributed by atoms with Crippen molar-refractivity contribution in [2.24, 2.45) is 0 Å². The number of hydrogen-bond donors (Lipinski definition) is 2. The number of nitrogens with one attached hydrogen (secondary N) is 1. The van der Waals surface area contributed by atoms with E-state index in [0.717, 1.165) is 45.6 Å². The second-order valence-corrected chi connectivity index (χ2v) is 6.05. The van der Waals surface area contributed by atoms with Crippen molar-refractivity contribution >= 4 is 0 Å². The van der Waals surface area contributed by atoms with Crippen molar-refractivity contribution in [3.05, 3.63) is 35.9 Å². The van der Waals surface area contributed by atoms with Crippen molar-refractivity contribution in [1.82, 2.24) is 10.2 Å².